The lowest BCUT2D eigenvalue weighted by atomic mass is 9.96. The highest BCUT2D eigenvalue weighted by Crippen LogP contribution is 2.30. The summed E-state index contributed by atoms with van der Waals surface area (Å²) in [5, 5.41) is 10.6. The van der Waals surface area contributed by atoms with Gasteiger partial charge in [0.05, 0.1) is 6.61 Å². The molecule has 0 aliphatic rings. The van der Waals surface area contributed by atoms with Gasteiger partial charge in [-0.05, 0) is 61.2 Å². The first-order valence-corrected chi connectivity index (χ1v) is 7.49. The van der Waals surface area contributed by atoms with Crippen LogP contribution in [0.15, 0.2) is 40.9 Å². The van der Waals surface area contributed by atoms with Gasteiger partial charge in [-0.2, -0.15) is 0 Å². The number of aliphatic hydroxyl groups excluding tert-OH is 1. The van der Waals surface area contributed by atoms with E-state index in [2.05, 4.69) is 15.9 Å². The lowest BCUT2D eigenvalue weighted by molar-refractivity contribution is 0.219. The highest BCUT2D eigenvalue weighted by molar-refractivity contribution is 9.10. The fourth-order valence-corrected chi connectivity index (χ4v) is 2.65. The summed E-state index contributed by atoms with van der Waals surface area (Å²) in [5.41, 5.74) is 4.01. The summed E-state index contributed by atoms with van der Waals surface area (Å²) >= 11 is 3.51. The monoisotopic (exact) mass is 334 g/mol. The van der Waals surface area contributed by atoms with Gasteiger partial charge in [0.1, 0.15) is 11.9 Å². The molecule has 2 nitrogen and oxygen atoms in total. The van der Waals surface area contributed by atoms with Crippen LogP contribution in [0.2, 0.25) is 0 Å². The van der Waals surface area contributed by atoms with Crippen LogP contribution >= 0.6 is 15.9 Å². The molecule has 0 spiro atoms. The molecule has 0 radical (unpaired) electrons. The minimum absolute atomic E-state index is 0.613. The number of hydrogen-bond acceptors (Lipinski definition) is 2. The maximum absolute atomic E-state index is 10.6. The molecule has 0 saturated carbocycles. The van der Waals surface area contributed by atoms with Crippen LogP contribution in [-0.4, -0.2) is 11.7 Å². The molecule has 0 bridgehead atoms. The number of ether oxygens (including phenoxy) is 1. The van der Waals surface area contributed by atoms with Gasteiger partial charge in [-0.15, -0.1) is 0 Å². The molecule has 0 saturated heterocycles. The smallest absolute Gasteiger partial charge is 0.119 e. The Morgan fingerprint density at radius 1 is 1.10 bits per heavy atom. The van der Waals surface area contributed by atoms with Gasteiger partial charge in [0.15, 0.2) is 0 Å². The fraction of sp³-hybridized carbons (Fsp3) is 0.294. The van der Waals surface area contributed by atoms with E-state index in [9.17, 15) is 5.11 Å². The molecular formula is C17H19BrO2. The van der Waals surface area contributed by atoms with E-state index in [4.69, 9.17) is 4.74 Å². The van der Waals surface area contributed by atoms with Crippen LogP contribution in [-0.2, 0) is 0 Å². The molecule has 1 atom stereocenters. The highest BCUT2D eigenvalue weighted by atomic mass is 79.9. The van der Waals surface area contributed by atoms with Crippen molar-refractivity contribution in [2.75, 3.05) is 6.61 Å². The largest absolute Gasteiger partial charge is 0.494 e. The third kappa shape index (κ3) is 3.22. The lowest BCUT2D eigenvalue weighted by Gasteiger charge is -2.16. The number of hydrogen-bond donors (Lipinski definition) is 1. The third-order valence-electron chi connectivity index (χ3n) is 3.35. The Morgan fingerprint density at radius 2 is 1.75 bits per heavy atom. The number of aryl methyl sites for hydroxylation is 2. The quantitative estimate of drug-likeness (QED) is 0.888. The SMILES string of the molecule is CCOc1ccc(C(O)c2cc(C)c(Br)cc2C)cc1. The third-order valence-corrected chi connectivity index (χ3v) is 4.20. The van der Waals surface area contributed by atoms with Crippen LogP contribution in [0.25, 0.3) is 0 Å². The van der Waals surface area contributed by atoms with Crippen LogP contribution in [0.1, 0.15) is 35.3 Å². The number of rotatable bonds is 4. The lowest BCUT2D eigenvalue weighted by Crippen LogP contribution is -2.03. The van der Waals surface area contributed by atoms with E-state index in [-0.39, 0.29) is 0 Å². The Balaban J connectivity index is 2.31. The summed E-state index contributed by atoms with van der Waals surface area (Å²) < 4.78 is 6.48. The maximum atomic E-state index is 10.6. The molecule has 2 aromatic carbocycles. The standard InChI is InChI=1S/C17H19BrO2/c1-4-20-14-7-5-13(6-8-14)17(19)15-9-12(3)16(18)10-11(15)2/h5-10,17,19H,4H2,1-3H3. The Kier molecular flexibility index (Phi) is 4.84. The molecule has 0 aliphatic heterocycles. The summed E-state index contributed by atoms with van der Waals surface area (Å²) in [6, 6.07) is 11.7. The number of benzene rings is 2. The zero-order valence-corrected chi connectivity index (χ0v) is 13.6. The summed E-state index contributed by atoms with van der Waals surface area (Å²) in [4.78, 5) is 0. The van der Waals surface area contributed by atoms with E-state index in [1.54, 1.807) is 0 Å². The van der Waals surface area contributed by atoms with Crippen molar-refractivity contribution in [1.82, 2.24) is 0 Å². The molecule has 106 valence electrons. The number of halogens is 1. The van der Waals surface area contributed by atoms with Gasteiger partial charge in [0, 0.05) is 4.47 Å². The highest BCUT2D eigenvalue weighted by Gasteiger charge is 2.14. The summed E-state index contributed by atoms with van der Waals surface area (Å²) in [6.07, 6.45) is -0.613. The van der Waals surface area contributed by atoms with Gasteiger partial charge in [-0.3, -0.25) is 0 Å². The molecule has 2 rings (SSSR count). The van der Waals surface area contributed by atoms with Crippen molar-refractivity contribution in [1.29, 1.82) is 0 Å². The molecule has 0 aromatic heterocycles. The molecular weight excluding hydrogens is 316 g/mol. The van der Waals surface area contributed by atoms with E-state index in [0.717, 1.165) is 32.5 Å². The fourth-order valence-electron chi connectivity index (χ4n) is 2.19. The summed E-state index contributed by atoms with van der Waals surface area (Å²) in [6.45, 7) is 6.64. The van der Waals surface area contributed by atoms with Crippen molar-refractivity contribution in [3.63, 3.8) is 0 Å². The minimum atomic E-state index is -0.613. The van der Waals surface area contributed by atoms with Crippen LogP contribution in [0, 0.1) is 13.8 Å². The van der Waals surface area contributed by atoms with E-state index in [1.807, 2.05) is 57.2 Å². The molecule has 0 amide bonds. The Morgan fingerprint density at radius 3 is 2.35 bits per heavy atom. The minimum Gasteiger partial charge on any atom is -0.494 e. The first-order valence-electron chi connectivity index (χ1n) is 6.70. The molecule has 1 N–H and O–H groups in total. The number of aliphatic hydroxyl groups is 1. The van der Waals surface area contributed by atoms with Crippen LogP contribution in [0.3, 0.4) is 0 Å². The van der Waals surface area contributed by atoms with Gasteiger partial charge in [0.25, 0.3) is 0 Å². The molecule has 20 heavy (non-hydrogen) atoms. The van der Waals surface area contributed by atoms with Crippen LogP contribution in [0.4, 0.5) is 0 Å². The van der Waals surface area contributed by atoms with Crippen LogP contribution in [0.5, 0.6) is 5.75 Å². The summed E-state index contributed by atoms with van der Waals surface area (Å²) in [5.74, 6) is 0.826. The van der Waals surface area contributed by atoms with Crippen LogP contribution < -0.4 is 4.74 Å². The Hall–Kier alpha value is -1.32. The second kappa shape index (κ2) is 6.42. The van der Waals surface area contributed by atoms with Gasteiger partial charge in [-0.25, -0.2) is 0 Å². The summed E-state index contributed by atoms with van der Waals surface area (Å²) in [7, 11) is 0. The molecule has 0 fully saturated rings. The Bertz CT molecular complexity index is 591. The second-order valence-corrected chi connectivity index (χ2v) is 5.72. The van der Waals surface area contributed by atoms with E-state index in [0.29, 0.717) is 6.61 Å². The van der Waals surface area contributed by atoms with Crippen molar-refractivity contribution >= 4 is 15.9 Å². The van der Waals surface area contributed by atoms with E-state index >= 15 is 0 Å². The predicted octanol–water partition coefficient (Wildman–Crippen LogP) is 4.55. The average molecular weight is 335 g/mol. The molecule has 2 aromatic rings. The zero-order chi connectivity index (χ0) is 14.7. The van der Waals surface area contributed by atoms with Gasteiger partial charge < -0.3 is 9.84 Å². The molecule has 3 heteroatoms. The maximum Gasteiger partial charge on any atom is 0.119 e. The topological polar surface area (TPSA) is 29.5 Å². The zero-order valence-electron chi connectivity index (χ0n) is 12.0. The predicted molar refractivity (Wildman–Crippen MR) is 85.3 cm³/mol. The van der Waals surface area contributed by atoms with Crippen molar-refractivity contribution in [2.45, 2.75) is 26.9 Å². The van der Waals surface area contributed by atoms with Crippen molar-refractivity contribution in [2.24, 2.45) is 0 Å². The van der Waals surface area contributed by atoms with Gasteiger partial charge in [0.2, 0.25) is 0 Å². The molecule has 0 aliphatic carbocycles. The van der Waals surface area contributed by atoms with Crippen molar-refractivity contribution < 1.29 is 9.84 Å². The van der Waals surface area contributed by atoms with Gasteiger partial charge in [-0.1, -0.05) is 34.1 Å². The normalized spacial score (nSPS) is 12.2. The van der Waals surface area contributed by atoms with Gasteiger partial charge >= 0.3 is 0 Å². The molecule has 1 unspecified atom stereocenters. The van der Waals surface area contributed by atoms with Crippen molar-refractivity contribution in [3.05, 3.63) is 63.1 Å². The molecule has 0 heterocycles. The second-order valence-electron chi connectivity index (χ2n) is 4.86. The Labute approximate surface area is 128 Å². The average Bonchev–Trinajstić information content (AvgIpc) is 2.43. The first kappa shape index (κ1) is 15.1. The van der Waals surface area contributed by atoms with E-state index < -0.39 is 6.10 Å². The van der Waals surface area contributed by atoms with E-state index in [1.165, 1.54) is 0 Å². The van der Waals surface area contributed by atoms with Crippen molar-refractivity contribution in [3.8, 4) is 5.75 Å². The first-order chi connectivity index (χ1) is 9.52.